The first-order chi connectivity index (χ1) is 17.1. The Morgan fingerprint density at radius 2 is 1.89 bits per heavy atom. The highest BCUT2D eigenvalue weighted by atomic mass is 19.4. The van der Waals surface area contributed by atoms with E-state index in [2.05, 4.69) is 25.6 Å². The molecule has 3 aromatic heterocycles. The van der Waals surface area contributed by atoms with Gasteiger partial charge in [0.15, 0.2) is 11.3 Å². The van der Waals surface area contributed by atoms with Gasteiger partial charge >= 0.3 is 6.18 Å². The minimum absolute atomic E-state index is 0.0338. The first kappa shape index (κ1) is 23.6. The number of aromatic nitrogens is 4. The lowest BCUT2D eigenvalue weighted by atomic mass is 9.96. The zero-order chi connectivity index (χ0) is 25.7. The van der Waals surface area contributed by atoms with Crippen LogP contribution >= 0.6 is 0 Å². The van der Waals surface area contributed by atoms with Crippen molar-refractivity contribution in [1.82, 2.24) is 24.8 Å². The lowest BCUT2D eigenvalue weighted by Crippen LogP contribution is -2.33. The summed E-state index contributed by atoms with van der Waals surface area (Å²) in [5.41, 5.74) is -0.626. The number of amides is 1. The molecule has 184 valence electrons. The summed E-state index contributed by atoms with van der Waals surface area (Å²) in [5, 5.41) is 5.57. The van der Waals surface area contributed by atoms with Crippen LogP contribution in [-0.4, -0.2) is 43.9 Å². The van der Waals surface area contributed by atoms with E-state index in [0.717, 1.165) is 0 Å². The standard InChI is InChI=1S/C25H21F3N6O2/c1-14(2)34-11-20(19-10-30-13-31-22(19)34)21(35)16-7-18(9-29-8-16)33-23(36)15-4-3-5-17(6-15)24(12-32-24)25(26,27)28/h3-11,13-14,32H,12H2,1-2H3,(H,33,36). The molecule has 1 fully saturated rings. The number of nitrogens with zero attached hydrogens (tertiary/aromatic N) is 4. The Hall–Kier alpha value is -4.12. The first-order valence-electron chi connectivity index (χ1n) is 11.1. The maximum atomic E-state index is 13.5. The van der Waals surface area contributed by atoms with Crippen molar-refractivity contribution in [3.63, 3.8) is 0 Å². The average molecular weight is 494 g/mol. The SMILES string of the molecule is CC(C)n1cc(C(=O)c2cncc(NC(=O)c3cccc(C4(C(F)(F)F)CN4)c3)c2)c2cncnc21. The van der Waals surface area contributed by atoms with E-state index in [9.17, 15) is 22.8 Å². The first-order valence-corrected chi connectivity index (χ1v) is 11.1. The molecule has 0 spiro atoms. The molecule has 2 N–H and O–H groups in total. The quantitative estimate of drug-likeness (QED) is 0.306. The third-order valence-electron chi connectivity index (χ3n) is 6.19. The van der Waals surface area contributed by atoms with Gasteiger partial charge in [-0.2, -0.15) is 13.2 Å². The highest BCUT2D eigenvalue weighted by Gasteiger charge is 2.64. The van der Waals surface area contributed by atoms with Gasteiger partial charge in [-0.15, -0.1) is 0 Å². The van der Waals surface area contributed by atoms with Gasteiger partial charge in [-0.1, -0.05) is 12.1 Å². The summed E-state index contributed by atoms with van der Waals surface area (Å²) in [6.07, 6.45) is 2.96. The van der Waals surface area contributed by atoms with Gasteiger partial charge in [0.05, 0.1) is 17.4 Å². The summed E-state index contributed by atoms with van der Waals surface area (Å²) >= 11 is 0. The maximum Gasteiger partial charge on any atom is 0.412 e. The van der Waals surface area contributed by atoms with Crippen LogP contribution in [0.2, 0.25) is 0 Å². The monoisotopic (exact) mass is 494 g/mol. The predicted octanol–water partition coefficient (Wildman–Crippen LogP) is 4.25. The molecule has 0 aliphatic carbocycles. The minimum Gasteiger partial charge on any atom is -0.329 e. The van der Waals surface area contributed by atoms with Crippen LogP contribution in [0.3, 0.4) is 0 Å². The molecule has 1 aromatic carbocycles. The van der Waals surface area contributed by atoms with E-state index >= 15 is 0 Å². The zero-order valence-electron chi connectivity index (χ0n) is 19.3. The van der Waals surface area contributed by atoms with Crippen LogP contribution < -0.4 is 10.6 Å². The number of carbonyl (C=O) groups excluding carboxylic acids is 2. The molecule has 1 atom stereocenters. The molecule has 8 nitrogen and oxygen atoms in total. The van der Waals surface area contributed by atoms with Crippen molar-refractivity contribution in [2.24, 2.45) is 0 Å². The zero-order valence-corrected chi connectivity index (χ0v) is 19.3. The summed E-state index contributed by atoms with van der Waals surface area (Å²) in [4.78, 5) is 38.5. The number of fused-ring (bicyclic) bond motifs is 1. The Morgan fingerprint density at radius 3 is 2.58 bits per heavy atom. The number of benzene rings is 1. The van der Waals surface area contributed by atoms with Gasteiger partial charge in [0, 0.05) is 47.7 Å². The number of pyridine rings is 1. The summed E-state index contributed by atoms with van der Waals surface area (Å²) in [7, 11) is 0. The minimum atomic E-state index is -4.48. The smallest absolute Gasteiger partial charge is 0.329 e. The van der Waals surface area contributed by atoms with Crippen molar-refractivity contribution in [1.29, 1.82) is 0 Å². The topological polar surface area (TPSA) is 112 Å². The van der Waals surface area contributed by atoms with E-state index in [-0.39, 0.29) is 40.7 Å². The van der Waals surface area contributed by atoms with Crippen molar-refractivity contribution in [3.8, 4) is 0 Å². The number of hydrogen-bond acceptors (Lipinski definition) is 6. The molecule has 4 aromatic rings. The van der Waals surface area contributed by atoms with E-state index in [4.69, 9.17) is 0 Å². The van der Waals surface area contributed by atoms with E-state index in [1.54, 1.807) is 12.4 Å². The maximum absolute atomic E-state index is 13.5. The van der Waals surface area contributed by atoms with E-state index in [1.807, 2.05) is 18.4 Å². The van der Waals surface area contributed by atoms with Crippen molar-refractivity contribution < 1.29 is 22.8 Å². The predicted molar refractivity (Wildman–Crippen MR) is 126 cm³/mol. The Bertz CT molecular complexity index is 1490. The Balaban J connectivity index is 1.40. The number of nitrogens with one attached hydrogen (secondary N) is 2. The fourth-order valence-electron chi connectivity index (χ4n) is 4.14. The Morgan fingerprint density at radius 1 is 1.11 bits per heavy atom. The van der Waals surface area contributed by atoms with Crippen LogP contribution in [-0.2, 0) is 5.54 Å². The third-order valence-corrected chi connectivity index (χ3v) is 6.19. The van der Waals surface area contributed by atoms with Crippen LogP contribution in [0.15, 0.2) is 61.4 Å². The van der Waals surface area contributed by atoms with Gasteiger partial charge < -0.3 is 9.88 Å². The normalized spacial score (nSPS) is 17.4. The highest BCUT2D eigenvalue weighted by Crippen LogP contribution is 2.46. The second-order valence-electron chi connectivity index (χ2n) is 8.89. The van der Waals surface area contributed by atoms with E-state index in [1.165, 1.54) is 49.1 Å². The van der Waals surface area contributed by atoms with Crippen LogP contribution in [0, 0.1) is 0 Å². The molecule has 1 unspecified atom stereocenters. The number of alkyl halides is 3. The van der Waals surface area contributed by atoms with Gasteiger partial charge in [-0.05, 0) is 37.6 Å². The molecule has 36 heavy (non-hydrogen) atoms. The Kier molecular flexibility index (Phi) is 5.59. The van der Waals surface area contributed by atoms with E-state index in [0.29, 0.717) is 16.6 Å². The summed E-state index contributed by atoms with van der Waals surface area (Å²) in [6.45, 7) is 3.70. The lowest BCUT2D eigenvalue weighted by Gasteiger charge is -2.18. The van der Waals surface area contributed by atoms with Gasteiger partial charge in [-0.25, -0.2) is 9.97 Å². The number of hydrogen-bond donors (Lipinski definition) is 2. The highest BCUT2D eigenvalue weighted by molar-refractivity contribution is 6.16. The lowest BCUT2D eigenvalue weighted by molar-refractivity contribution is -0.161. The van der Waals surface area contributed by atoms with Gasteiger partial charge in [-0.3, -0.25) is 19.9 Å². The summed E-state index contributed by atoms with van der Waals surface area (Å²) < 4.78 is 42.2. The summed E-state index contributed by atoms with van der Waals surface area (Å²) in [5.74, 6) is -0.947. The Labute approximate surface area is 203 Å². The molecule has 4 heterocycles. The number of anilines is 1. The van der Waals surface area contributed by atoms with E-state index < -0.39 is 17.6 Å². The van der Waals surface area contributed by atoms with Crippen molar-refractivity contribution in [3.05, 3.63) is 83.7 Å². The number of rotatable bonds is 6. The van der Waals surface area contributed by atoms with Crippen LogP contribution in [0.1, 0.15) is 51.7 Å². The fraction of sp³-hybridized carbons (Fsp3) is 0.240. The number of ketones is 1. The average Bonchev–Trinajstić information content (AvgIpc) is 3.59. The van der Waals surface area contributed by atoms with Crippen LogP contribution in [0.25, 0.3) is 11.0 Å². The molecule has 5 rings (SSSR count). The molecule has 0 saturated carbocycles. The third kappa shape index (κ3) is 4.01. The molecule has 1 amide bonds. The molecular weight excluding hydrogens is 473 g/mol. The van der Waals surface area contributed by atoms with Gasteiger partial charge in [0.1, 0.15) is 12.0 Å². The molecule has 1 aliphatic heterocycles. The molecule has 0 radical (unpaired) electrons. The molecule has 11 heteroatoms. The van der Waals surface area contributed by atoms with Gasteiger partial charge in [0.25, 0.3) is 5.91 Å². The van der Waals surface area contributed by atoms with Crippen LogP contribution in [0.4, 0.5) is 18.9 Å². The summed E-state index contributed by atoms with van der Waals surface area (Å²) in [6, 6.07) is 6.91. The van der Waals surface area contributed by atoms with Crippen LogP contribution in [0.5, 0.6) is 0 Å². The molecule has 0 bridgehead atoms. The molecular formula is C25H21F3N6O2. The van der Waals surface area contributed by atoms with Crippen molar-refractivity contribution in [2.75, 3.05) is 11.9 Å². The van der Waals surface area contributed by atoms with Crippen molar-refractivity contribution >= 4 is 28.4 Å². The second kappa shape index (κ2) is 8.52. The molecule has 1 aliphatic rings. The van der Waals surface area contributed by atoms with Gasteiger partial charge in [0.2, 0.25) is 0 Å². The number of halogens is 3. The second-order valence-corrected chi connectivity index (χ2v) is 8.89. The molecule has 1 saturated heterocycles. The fourth-order valence-corrected chi connectivity index (χ4v) is 4.14. The number of carbonyl (C=O) groups is 2. The van der Waals surface area contributed by atoms with Crippen molar-refractivity contribution in [2.45, 2.75) is 31.6 Å². The largest absolute Gasteiger partial charge is 0.412 e.